The number of aromatic nitrogens is 1. The number of benzene rings is 1. The number of carbonyl (C=O) groups is 1. The lowest BCUT2D eigenvalue weighted by molar-refractivity contribution is 0.0731. The average Bonchev–Trinajstić information content (AvgIpc) is 3.39. The van der Waals surface area contributed by atoms with Crippen molar-refractivity contribution in [2.75, 3.05) is 11.9 Å². The smallest absolute Gasteiger partial charge is 0.257 e. The van der Waals surface area contributed by atoms with E-state index in [1.807, 2.05) is 0 Å². The van der Waals surface area contributed by atoms with Crippen LogP contribution >= 0.6 is 11.3 Å². The molecule has 5 unspecified atom stereocenters. The molecule has 1 amide bonds. The van der Waals surface area contributed by atoms with E-state index in [-0.39, 0.29) is 28.7 Å². The molecule has 1 saturated heterocycles. The summed E-state index contributed by atoms with van der Waals surface area (Å²) in [6.45, 7) is 0.484. The molecule has 2 heterocycles. The minimum atomic E-state index is -3.69. The quantitative estimate of drug-likeness (QED) is 0.808. The number of aliphatic hydroxyl groups is 1. The first-order valence-electron chi connectivity index (χ1n) is 8.96. The zero-order valence-corrected chi connectivity index (χ0v) is 16.0. The van der Waals surface area contributed by atoms with Gasteiger partial charge in [0.15, 0.2) is 5.13 Å². The van der Waals surface area contributed by atoms with Gasteiger partial charge in [-0.25, -0.2) is 13.4 Å². The Bertz CT molecular complexity index is 973. The summed E-state index contributed by atoms with van der Waals surface area (Å²) in [6.07, 6.45) is 2.89. The van der Waals surface area contributed by atoms with Gasteiger partial charge in [-0.2, -0.15) is 4.31 Å². The van der Waals surface area contributed by atoms with Crippen LogP contribution in [0.2, 0.25) is 0 Å². The number of hydrogen-bond acceptors (Lipinski definition) is 6. The second-order valence-corrected chi connectivity index (χ2v) is 10.3. The summed E-state index contributed by atoms with van der Waals surface area (Å²) < 4.78 is 27.8. The Hall–Kier alpha value is -1.81. The fourth-order valence-corrected chi connectivity index (χ4v) is 7.27. The number of rotatable bonds is 4. The maximum Gasteiger partial charge on any atom is 0.257 e. The van der Waals surface area contributed by atoms with Gasteiger partial charge < -0.3 is 5.11 Å². The van der Waals surface area contributed by atoms with E-state index in [1.54, 1.807) is 11.6 Å². The third-order valence-electron chi connectivity index (χ3n) is 6.18. The van der Waals surface area contributed by atoms with Gasteiger partial charge in [-0.15, -0.1) is 11.3 Å². The minimum absolute atomic E-state index is 0.158. The van der Waals surface area contributed by atoms with E-state index in [0.717, 1.165) is 12.8 Å². The second-order valence-electron chi connectivity index (χ2n) is 7.53. The monoisotopic (exact) mass is 405 g/mol. The van der Waals surface area contributed by atoms with Crippen LogP contribution in [0.1, 0.15) is 23.2 Å². The van der Waals surface area contributed by atoms with Crippen molar-refractivity contribution in [1.82, 2.24) is 9.29 Å². The van der Waals surface area contributed by atoms with E-state index in [0.29, 0.717) is 23.2 Å². The number of aliphatic hydroxyl groups excluding tert-OH is 1. The number of sulfonamides is 1. The lowest BCUT2D eigenvalue weighted by Crippen LogP contribution is -2.43. The molecule has 0 radical (unpaired) electrons. The van der Waals surface area contributed by atoms with Gasteiger partial charge in [0.05, 0.1) is 17.0 Å². The van der Waals surface area contributed by atoms with E-state index >= 15 is 0 Å². The van der Waals surface area contributed by atoms with Crippen LogP contribution in [-0.4, -0.2) is 47.4 Å². The Kier molecular flexibility index (Phi) is 3.91. The highest BCUT2D eigenvalue weighted by Crippen LogP contribution is 2.56. The Morgan fingerprint density at radius 3 is 2.67 bits per heavy atom. The van der Waals surface area contributed by atoms with Crippen LogP contribution in [0.4, 0.5) is 5.13 Å². The average molecular weight is 406 g/mol. The molecular weight excluding hydrogens is 386 g/mol. The normalized spacial score (nSPS) is 32.1. The lowest BCUT2D eigenvalue weighted by Gasteiger charge is -2.28. The molecule has 0 spiro atoms. The summed E-state index contributed by atoms with van der Waals surface area (Å²) >= 11 is 1.31. The van der Waals surface area contributed by atoms with Crippen molar-refractivity contribution in [1.29, 1.82) is 0 Å². The zero-order chi connectivity index (χ0) is 18.8. The molecule has 1 aromatic carbocycles. The van der Waals surface area contributed by atoms with Gasteiger partial charge in [-0.05, 0) is 54.9 Å². The van der Waals surface area contributed by atoms with Crippen LogP contribution in [0.3, 0.4) is 0 Å². The molecule has 9 heteroatoms. The maximum atomic E-state index is 13.1. The number of carbonyl (C=O) groups excluding carboxylic acids is 1. The number of hydrogen-bond donors (Lipinski definition) is 2. The van der Waals surface area contributed by atoms with Crippen molar-refractivity contribution in [2.45, 2.75) is 29.9 Å². The Balaban J connectivity index is 1.37. The number of amides is 1. The van der Waals surface area contributed by atoms with Crippen molar-refractivity contribution >= 4 is 32.4 Å². The van der Waals surface area contributed by atoms with Crippen molar-refractivity contribution in [2.24, 2.45) is 17.8 Å². The molecule has 3 aliphatic rings. The first-order valence-corrected chi connectivity index (χ1v) is 11.3. The fraction of sp³-hybridized carbons (Fsp3) is 0.444. The first kappa shape index (κ1) is 17.3. The molecule has 2 saturated carbocycles. The summed E-state index contributed by atoms with van der Waals surface area (Å²) in [7, 11) is -3.69. The molecule has 142 valence electrons. The van der Waals surface area contributed by atoms with Crippen molar-refractivity contribution < 1.29 is 18.3 Å². The first-order chi connectivity index (χ1) is 12.9. The molecular formula is C18H19N3O4S2. The Labute approximate surface area is 161 Å². The van der Waals surface area contributed by atoms with E-state index in [1.165, 1.54) is 39.9 Å². The molecule has 2 aliphatic carbocycles. The zero-order valence-electron chi connectivity index (χ0n) is 14.4. The summed E-state index contributed by atoms with van der Waals surface area (Å²) in [4.78, 5) is 16.4. The minimum Gasteiger partial charge on any atom is -0.391 e. The largest absolute Gasteiger partial charge is 0.391 e. The number of nitrogens with zero attached hydrogens (tertiary/aromatic N) is 2. The number of fused-ring (bicyclic) bond motifs is 1. The highest BCUT2D eigenvalue weighted by molar-refractivity contribution is 7.89. The topological polar surface area (TPSA) is 99.6 Å². The van der Waals surface area contributed by atoms with E-state index < -0.39 is 16.1 Å². The van der Waals surface area contributed by atoms with Crippen LogP contribution in [-0.2, 0) is 10.0 Å². The lowest BCUT2D eigenvalue weighted by atomic mass is 9.88. The summed E-state index contributed by atoms with van der Waals surface area (Å²) in [5.74, 6) is 0.550. The van der Waals surface area contributed by atoms with E-state index in [4.69, 9.17) is 0 Å². The Morgan fingerprint density at radius 2 is 2.00 bits per heavy atom. The Morgan fingerprint density at radius 1 is 1.22 bits per heavy atom. The van der Waals surface area contributed by atoms with Crippen LogP contribution in [0.25, 0.3) is 0 Å². The van der Waals surface area contributed by atoms with Crippen molar-refractivity contribution in [3.63, 3.8) is 0 Å². The SMILES string of the molecule is O=C(Nc1nccs1)c1ccc(S(=O)(=O)N2CC3CC4CC3C2C4O)cc1. The number of thiazole rings is 1. The van der Waals surface area contributed by atoms with Crippen molar-refractivity contribution in [3.05, 3.63) is 41.4 Å². The standard InChI is InChI=1S/C18H19N3O4S2/c22-16-11-7-12-9-21(15(16)14(12)8-11)27(24,25)13-3-1-10(2-4-13)17(23)20-18-19-5-6-26-18/h1-6,11-12,14-16,22H,7-9H2,(H,19,20,23). The molecule has 1 aliphatic heterocycles. The van der Waals surface area contributed by atoms with Gasteiger partial charge in [-0.1, -0.05) is 0 Å². The highest BCUT2D eigenvalue weighted by atomic mass is 32.2. The summed E-state index contributed by atoms with van der Waals surface area (Å²) in [5, 5.41) is 15.4. The van der Waals surface area contributed by atoms with Gasteiger partial charge in [0, 0.05) is 23.7 Å². The van der Waals surface area contributed by atoms with Gasteiger partial charge in [0.25, 0.3) is 5.91 Å². The predicted molar refractivity (Wildman–Crippen MR) is 99.9 cm³/mol. The fourth-order valence-electron chi connectivity index (χ4n) is 5.00. The number of nitrogens with one attached hydrogen (secondary N) is 1. The van der Waals surface area contributed by atoms with Crippen LogP contribution in [0.5, 0.6) is 0 Å². The van der Waals surface area contributed by atoms with Gasteiger partial charge >= 0.3 is 0 Å². The molecule has 2 N–H and O–H groups in total. The highest BCUT2D eigenvalue weighted by Gasteiger charge is 2.61. The van der Waals surface area contributed by atoms with Gasteiger partial charge in [0.1, 0.15) is 0 Å². The summed E-state index contributed by atoms with van der Waals surface area (Å²) in [5.41, 5.74) is 0.367. The van der Waals surface area contributed by atoms with Crippen LogP contribution in [0, 0.1) is 17.8 Å². The predicted octanol–water partition coefficient (Wildman–Crippen LogP) is 1.79. The van der Waals surface area contributed by atoms with E-state index in [2.05, 4.69) is 10.3 Å². The van der Waals surface area contributed by atoms with Crippen molar-refractivity contribution in [3.8, 4) is 0 Å². The van der Waals surface area contributed by atoms with Crippen LogP contribution in [0.15, 0.2) is 40.7 Å². The third kappa shape index (κ3) is 2.64. The maximum absolute atomic E-state index is 13.1. The molecule has 2 bridgehead atoms. The molecule has 27 heavy (non-hydrogen) atoms. The third-order valence-corrected chi connectivity index (χ3v) is 8.75. The molecule has 1 aromatic heterocycles. The van der Waals surface area contributed by atoms with E-state index in [9.17, 15) is 18.3 Å². The molecule has 5 rings (SSSR count). The summed E-state index contributed by atoms with van der Waals surface area (Å²) in [6, 6.07) is 5.64. The van der Waals surface area contributed by atoms with Gasteiger partial charge in [-0.3, -0.25) is 10.1 Å². The van der Waals surface area contributed by atoms with Gasteiger partial charge in [0.2, 0.25) is 10.0 Å². The second kappa shape index (κ2) is 6.10. The number of anilines is 1. The molecule has 3 fully saturated rings. The molecule has 7 nitrogen and oxygen atoms in total. The molecule has 2 aromatic rings. The molecule has 5 atom stereocenters. The van der Waals surface area contributed by atoms with Crippen LogP contribution < -0.4 is 5.32 Å².